The standard InChI is InChI=1S/C15H21N3O3/c1-14(2)7-11(15(3,4)21-14)16-8-12-17-13(18-20-12)10-5-6-19-9-10/h5-6,9,11,16H,7-8H2,1-4H3/t11-/m0/s1. The molecule has 1 aliphatic heterocycles. The van der Waals surface area contributed by atoms with Crippen molar-refractivity contribution in [2.45, 2.75) is 57.9 Å². The zero-order valence-corrected chi connectivity index (χ0v) is 12.8. The maximum atomic E-state index is 6.06. The zero-order chi connectivity index (χ0) is 15.1. The van der Waals surface area contributed by atoms with Gasteiger partial charge in [-0.05, 0) is 40.2 Å². The predicted molar refractivity (Wildman–Crippen MR) is 76.5 cm³/mol. The van der Waals surface area contributed by atoms with Gasteiger partial charge in [0.2, 0.25) is 11.7 Å². The van der Waals surface area contributed by atoms with Crippen LogP contribution in [0.3, 0.4) is 0 Å². The average Bonchev–Trinajstić information content (AvgIpc) is 3.05. The summed E-state index contributed by atoms with van der Waals surface area (Å²) in [4.78, 5) is 4.36. The predicted octanol–water partition coefficient (Wildman–Crippen LogP) is 2.77. The highest BCUT2D eigenvalue weighted by Gasteiger charge is 2.45. The van der Waals surface area contributed by atoms with Gasteiger partial charge in [0.1, 0.15) is 6.26 Å². The van der Waals surface area contributed by atoms with E-state index in [1.807, 2.05) is 0 Å². The summed E-state index contributed by atoms with van der Waals surface area (Å²) >= 11 is 0. The number of hydrogen-bond donors (Lipinski definition) is 1. The molecule has 1 aliphatic rings. The molecule has 0 bridgehead atoms. The Bertz CT molecular complexity index is 601. The summed E-state index contributed by atoms with van der Waals surface area (Å²) in [7, 11) is 0. The van der Waals surface area contributed by atoms with Crippen molar-refractivity contribution in [1.82, 2.24) is 15.5 Å². The van der Waals surface area contributed by atoms with E-state index in [2.05, 4.69) is 43.2 Å². The normalized spacial score (nSPS) is 23.5. The molecule has 3 heterocycles. The van der Waals surface area contributed by atoms with Gasteiger partial charge in [-0.25, -0.2) is 0 Å². The van der Waals surface area contributed by atoms with Crippen LogP contribution in [0.4, 0.5) is 0 Å². The van der Waals surface area contributed by atoms with Crippen LogP contribution in [-0.2, 0) is 11.3 Å². The van der Waals surface area contributed by atoms with E-state index in [4.69, 9.17) is 13.7 Å². The van der Waals surface area contributed by atoms with Gasteiger partial charge in [0, 0.05) is 6.04 Å². The lowest BCUT2D eigenvalue weighted by Gasteiger charge is -2.27. The molecule has 2 aromatic heterocycles. The average molecular weight is 291 g/mol. The number of aromatic nitrogens is 2. The summed E-state index contributed by atoms with van der Waals surface area (Å²) in [5, 5.41) is 7.41. The third-order valence-corrected chi connectivity index (χ3v) is 3.82. The SMILES string of the molecule is CC1(C)C[C@H](NCc2nc(-c3ccoc3)no2)C(C)(C)O1. The number of ether oxygens (including phenoxy) is 1. The van der Waals surface area contributed by atoms with Crippen molar-refractivity contribution in [3.05, 3.63) is 24.5 Å². The fourth-order valence-corrected chi connectivity index (χ4v) is 2.93. The smallest absolute Gasteiger partial charge is 0.240 e. The van der Waals surface area contributed by atoms with E-state index in [0.29, 0.717) is 18.3 Å². The zero-order valence-electron chi connectivity index (χ0n) is 12.8. The van der Waals surface area contributed by atoms with Crippen molar-refractivity contribution in [3.8, 4) is 11.4 Å². The summed E-state index contributed by atoms with van der Waals surface area (Å²) in [6, 6.07) is 2.05. The minimum atomic E-state index is -0.211. The Labute approximate surface area is 123 Å². The molecule has 6 heteroatoms. The fourth-order valence-electron chi connectivity index (χ4n) is 2.93. The third kappa shape index (κ3) is 3.01. The van der Waals surface area contributed by atoms with Crippen LogP contribution in [0.25, 0.3) is 11.4 Å². The number of furan rings is 1. The molecule has 114 valence electrons. The number of nitrogens with zero attached hydrogens (tertiary/aromatic N) is 2. The van der Waals surface area contributed by atoms with Gasteiger partial charge in [0.15, 0.2) is 0 Å². The number of rotatable bonds is 4. The van der Waals surface area contributed by atoms with Gasteiger partial charge >= 0.3 is 0 Å². The van der Waals surface area contributed by atoms with Crippen LogP contribution < -0.4 is 5.32 Å². The molecule has 6 nitrogen and oxygen atoms in total. The fraction of sp³-hybridized carbons (Fsp3) is 0.600. The van der Waals surface area contributed by atoms with E-state index < -0.39 is 0 Å². The Morgan fingerprint density at radius 2 is 2.14 bits per heavy atom. The highest BCUT2D eigenvalue weighted by molar-refractivity contribution is 5.51. The van der Waals surface area contributed by atoms with E-state index in [0.717, 1.165) is 12.0 Å². The first-order chi connectivity index (χ1) is 9.86. The molecule has 1 N–H and O–H groups in total. The summed E-state index contributed by atoms with van der Waals surface area (Å²) in [5.74, 6) is 1.11. The molecule has 0 radical (unpaired) electrons. The molecule has 1 saturated heterocycles. The Kier molecular flexibility index (Phi) is 3.37. The largest absolute Gasteiger partial charge is 0.472 e. The van der Waals surface area contributed by atoms with Crippen LogP contribution in [0.2, 0.25) is 0 Å². The first-order valence-electron chi connectivity index (χ1n) is 7.14. The summed E-state index contributed by atoms with van der Waals surface area (Å²) in [6.07, 6.45) is 4.13. The van der Waals surface area contributed by atoms with E-state index in [9.17, 15) is 0 Å². The minimum Gasteiger partial charge on any atom is -0.472 e. The first-order valence-corrected chi connectivity index (χ1v) is 7.14. The molecule has 21 heavy (non-hydrogen) atoms. The van der Waals surface area contributed by atoms with Crippen molar-refractivity contribution < 1.29 is 13.7 Å². The van der Waals surface area contributed by atoms with E-state index in [-0.39, 0.29) is 17.2 Å². The molecule has 0 unspecified atom stereocenters. The highest BCUT2D eigenvalue weighted by atomic mass is 16.5. The lowest BCUT2D eigenvalue weighted by Crippen LogP contribution is -2.43. The number of nitrogens with one attached hydrogen (secondary N) is 1. The van der Waals surface area contributed by atoms with E-state index in [1.165, 1.54) is 0 Å². The van der Waals surface area contributed by atoms with Crippen molar-refractivity contribution in [2.75, 3.05) is 0 Å². The van der Waals surface area contributed by atoms with E-state index >= 15 is 0 Å². The minimum absolute atomic E-state index is 0.113. The molecule has 0 aromatic carbocycles. The summed E-state index contributed by atoms with van der Waals surface area (Å²) in [6.45, 7) is 8.95. The summed E-state index contributed by atoms with van der Waals surface area (Å²) in [5.41, 5.74) is 0.491. The second-order valence-electron chi connectivity index (χ2n) is 6.63. The van der Waals surface area contributed by atoms with E-state index in [1.54, 1.807) is 18.6 Å². The molecule has 3 rings (SSSR count). The third-order valence-electron chi connectivity index (χ3n) is 3.82. The lowest BCUT2D eigenvalue weighted by molar-refractivity contribution is -0.0700. The molecule has 0 amide bonds. The van der Waals surface area contributed by atoms with Gasteiger partial charge in [0.25, 0.3) is 0 Å². The Morgan fingerprint density at radius 3 is 2.76 bits per heavy atom. The first kappa shape index (κ1) is 14.3. The van der Waals surface area contributed by atoms with Crippen LogP contribution in [0, 0.1) is 0 Å². The second kappa shape index (κ2) is 4.96. The van der Waals surface area contributed by atoms with Crippen LogP contribution in [0.15, 0.2) is 27.5 Å². The maximum absolute atomic E-state index is 6.06. The van der Waals surface area contributed by atoms with Gasteiger partial charge in [-0.1, -0.05) is 5.16 Å². The molecule has 1 atom stereocenters. The van der Waals surface area contributed by atoms with Gasteiger partial charge in [0.05, 0.1) is 29.6 Å². The topological polar surface area (TPSA) is 73.3 Å². The van der Waals surface area contributed by atoms with Crippen molar-refractivity contribution in [1.29, 1.82) is 0 Å². The molecule has 2 aromatic rings. The molecular formula is C15H21N3O3. The Balaban J connectivity index is 1.63. The van der Waals surface area contributed by atoms with Crippen LogP contribution in [0.5, 0.6) is 0 Å². The van der Waals surface area contributed by atoms with Crippen LogP contribution in [0.1, 0.15) is 40.0 Å². The quantitative estimate of drug-likeness (QED) is 0.933. The Morgan fingerprint density at radius 1 is 1.33 bits per heavy atom. The Hall–Kier alpha value is -1.66. The molecule has 1 fully saturated rings. The maximum Gasteiger partial charge on any atom is 0.240 e. The monoisotopic (exact) mass is 291 g/mol. The van der Waals surface area contributed by atoms with Crippen molar-refractivity contribution in [2.24, 2.45) is 0 Å². The second-order valence-corrected chi connectivity index (χ2v) is 6.63. The lowest BCUT2D eigenvalue weighted by atomic mass is 9.94. The molecule has 0 aliphatic carbocycles. The van der Waals surface area contributed by atoms with Gasteiger partial charge < -0.3 is 19.0 Å². The highest BCUT2D eigenvalue weighted by Crippen LogP contribution is 2.37. The number of hydrogen-bond acceptors (Lipinski definition) is 6. The molecule has 0 saturated carbocycles. The van der Waals surface area contributed by atoms with Crippen LogP contribution in [-0.4, -0.2) is 27.4 Å². The van der Waals surface area contributed by atoms with Gasteiger partial charge in [-0.3, -0.25) is 0 Å². The van der Waals surface area contributed by atoms with Crippen molar-refractivity contribution in [3.63, 3.8) is 0 Å². The van der Waals surface area contributed by atoms with Gasteiger partial charge in [-0.2, -0.15) is 4.98 Å². The van der Waals surface area contributed by atoms with Crippen molar-refractivity contribution >= 4 is 0 Å². The summed E-state index contributed by atoms with van der Waals surface area (Å²) < 4.78 is 16.3. The van der Waals surface area contributed by atoms with Crippen LogP contribution >= 0.6 is 0 Å². The van der Waals surface area contributed by atoms with Gasteiger partial charge in [-0.15, -0.1) is 0 Å². The molecule has 0 spiro atoms. The molecular weight excluding hydrogens is 270 g/mol.